The molecule has 17 heavy (non-hydrogen) atoms. The van der Waals surface area contributed by atoms with Crippen molar-refractivity contribution >= 4 is 11.3 Å². The molecule has 0 saturated heterocycles. The average Bonchev–Trinajstić information content (AvgIpc) is 2.94. The third-order valence-electron chi connectivity index (χ3n) is 2.41. The molecular weight excluding hydrogens is 234 g/mol. The summed E-state index contributed by atoms with van der Waals surface area (Å²) in [5, 5.41) is 21.7. The van der Waals surface area contributed by atoms with E-state index in [-0.39, 0.29) is 0 Å². The number of hydrogen-bond donors (Lipinski definition) is 1. The number of nitriles is 1. The van der Waals surface area contributed by atoms with Gasteiger partial charge in [0.25, 0.3) is 0 Å². The van der Waals surface area contributed by atoms with Gasteiger partial charge in [-0.1, -0.05) is 0 Å². The molecule has 2 rings (SSSR count). The van der Waals surface area contributed by atoms with Gasteiger partial charge in [-0.25, -0.2) is 0 Å². The van der Waals surface area contributed by atoms with Crippen LogP contribution in [-0.4, -0.2) is 21.3 Å². The monoisotopic (exact) mass is 247 g/mol. The summed E-state index contributed by atoms with van der Waals surface area (Å²) in [6.45, 7) is 1.65. The Labute approximate surface area is 104 Å². The van der Waals surface area contributed by atoms with Crippen molar-refractivity contribution in [3.8, 4) is 6.07 Å². The van der Waals surface area contributed by atoms with Crippen LogP contribution in [0.3, 0.4) is 0 Å². The molecule has 0 radical (unpaired) electrons. The van der Waals surface area contributed by atoms with Crippen molar-refractivity contribution in [2.75, 3.05) is 6.54 Å². The van der Waals surface area contributed by atoms with Crippen LogP contribution >= 0.6 is 11.3 Å². The van der Waals surface area contributed by atoms with E-state index >= 15 is 0 Å². The Morgan fingerprint density at radius 3 is 3.12 bits per heavy atom. The Morgan fingerprint density at radius 2 is 2.47 bits per heavy atom. The molecular formula is C11H13N5S. The maximum absolute atomic E-state index is 8.70. The lowest BCUT2D eigenvalue weighted by atomic mass is 10.3. The lowest BCUT2D eigenvalue weighted by molar-refractivity contribution is 0.658. The Morgan fingerprint density at radius 1 is 1.59 bits per heavy atom. The van der Waals surface area contributed by atoms with Crippen LogP contribution in [0.1, 0.15) is 16.3 Å². The molecule has 5 nitrogen and oxygen atoms in total. The summed E-state index contributed by atoms with van der Waals surface area (Å²) in [5.74, 6) is 0.974. The summed E-state index contributed by atoms with van der Waals surface area (Å²) in [7, 11) is 1.94. The molecule has 0 spiro atoms. The third-order valence-corrected chi connectivity index (χ3v) is 3.35. The van der Waals surface area contributed by atoms with Crippen molar-refractivity contribution in [2.45, 2.75) is 13.0 Å². The van der Waals surface area contributed by atoms with Crippen molar-refractivity contribution < 1.29 is 0 Å². The van der Waals surface area contributed by atoms with Gasteiger partial charge >= 0.3 is 0 Å². The van der Waals surface area contributed by atoms with Crippen LogP contribution in [0.2, 0.25) is 0 Å². The minimum absolute atomic E-state index is 0.736. The van der Waals surface area contributed by atoms with Crippen LogP contribution in [0.25, 0.3) is 0 Å². The van der Waals surface area contributed by atoms with E-state index < -0.39 is 0 Å². The average molecular weight is 247 g/mol. The number of aromatic nitrogens is 3. The quantitative estimate of drug-likeness (QED) is 0.803. The zero-order chi connectivity index (χ0) is 12.1. The fourth-order valence-corrected chi connectivity index (χ4v) is 2.26. The van der Waals surface area contributed by atoms with Gasteiger partial charge in [-0.15, -0.1) is 21.5 Å². The van der Waals surface area contributed by atoms with Gasteiger partial charge in [0.2, 0.25) is 0 Å². The van der Waals surface area contributed by atoms with Crippen LogP contribution in [0, 0.1) is 11.3 Å². The van der Waals surface area contributed by atoms with Gasteiger partial charge in [-0.05, 0) is 6.07 Å². The van der Waals surface area contributed by atoms with Gasteiger partial charge in [0, 0.05) is 36.8 Å². The first-order valence-corrected chi connectivity index (χ1v) is 6.18. The van der Waals surface area contributed by atoms with Crippen LogP contribution in [-0.2, 0) is 20.0 Å². The van der Waals surface area contributed by atoms with E-state index in [0.717, 1.165) is 30.9 Å². The molecule has 0 amide bonds. The molecule has 0 saturated carbocycles. The zero-order valence-corrected chi connectivity index (χ0v) is 10.4. The molecule has 0 unspecified atom stereocenters. The van der Waals surface area contributed by atoms with E-state index in [1.54, 1.807) is 17.7 Å². The van der Waals surface area contributed by atoms with E-state index in [1.165, 1.54) is 4.88 Å². The lowest BCUT2D eigenvalue weighted by Gasteiger charge is -2.02. The molecule has 2 heterocycles. The van der Waals surface area contributed by atoms with E-state index in [2.05, 4.69) is 21.6 Å². The highest BCUT2D eigenvalue weighted by Crippen LogP contribution is 2.13. The zero-order valence-electron chi connectivity index (χ0n) is 9.55. The smallest absolute Gasteiger partial charge is 0.133 e. The normalized spacial score (nSPS) is 10.4. The standard InChI is InChI=1S/C11H13N5S/c1-16-8-14-15-11(16)2-3-13-6-10-4-9(5-12)7-17-10/h4,7-8,13H,2-3,6H2,1H3. The molecule has 0 aliphatic carbocycles. The van der Waals surface area contributed by atoms with Gasteiger partial charge in [0.15, 0.2) is 0 Å². The summed E-state index contributed by atoms with van der Waals surface area (Å²) in [6, 6.07) is 4.05. The van der Waals surface area contributed by atoms with Gasteiger partial charge in [0.05, 0.1) is 5.56 Å². The summed E-state index contributed by atoms with van der Waals surface area (Å²) >= 11 is 1.61. The van der Waals surface area contributed by atoms with Crippen LogP contribution in [0.5, 0.6) is 0 Å². The first-order chi connectivity index (χ1) is 8.29. The summed E-state index contributed by atoms with van der Waals surface area (Å²) < 4.78 is 1.92. The van der Waals surface area contributed by atoms with Crippen molar-refractivity contribution in [1.29, 1.82) is 5.26 Å². The molecule has 2 aromatic heterocycles. The van der Waals surface area contributed by atoms with Crippen molar-refractivity contribution in [2.24, 2.45) is 7.05 Å². The number of aryl methyl sites for hydroxylation is 1. The van der Waals surface area contributed by atoms with Gasteiger partial charge in [0.1, 0.15) is 18.2 Å². The van der Waals surface area contributed by atoms with Crippen molar-refractivity contribution in [1.82, 2.24) is 20.1 Å². The Balaban J connectivity index is 1.73. The summed E-state index contributed by atoms with van der Waals surface area (Å²) in [4.78, 5) is 1.18. The topological polar surface area (TPSA) is 66.5 Å². The Hall–Kier alpha value is -1.71. The molecule has 0 aliphatic rings. The fourth-order valence-electron chi connectivity index (χ4n) is 1.48. The highest BCUT2D eigenvalue weighted by atomic mass is 32.1. The van der Waals surface area contributed by atoms with E-state index in [1.807, 2.05) is 23.1 Å². The van der Waals surface area contributed by atoms with Crippen molar-refractivity contribution in [3.63, 3.8) is 0 Å². The van der Waals surface area contributed by atoms with E-state index in [9.17, 15) is 0 Å². The molecule has 88 valence electrons. The second-order valence-electron chi connectivity index (χ2n) is 3.70. The molecule has 6 heteroatoms. The molecule has 0 aromatic carbocycles. The highest BCUT2D eigenvalue weighted by molar-refractivity contribution is 7.10. The number of thiophene rings is 1. The minimum Gasteiger partial charge on any atom is -0.321 e. The molecule has 1 N–H and O–H groups in total. The van der Waals surface area contributed by atoms with Gasteiger partial charge in [-0.3, -0.25) is 0 Å². The lowest BCUT2D eigenvalue weighted by Crippen LogP contribution is -2.17. The minimum atomic E-state index is 0.736. The maximum Gasteiger partial charge on any atom is 0.133 e. The number of nitrogens with zero attached hydrogens (tertiary/aromatic N) is 4. The summed E-state index contributed by atoms with van der Waals surface area (Å²) in [6.07, 6.45) is 2.56. The first kappa shape index (κ1) is 11.8. The number of hydrogen-bond acceptors (Lipinski definition) is 5. The van der Waals surface area contributed by atoms with E-state index in [0.29, 0.717) is 0 Å². The van der Waals surface area contributed by atoms with E-state index in [4.69, 9.17) is 5.26 Å². The first-order valence-electron chi connectivity index (χ1n) is 5.30. The third kappa shape index (κ3) is 3.12. The number of nitrogens with one attached hydrogen (secondary N) is 1. The molecule has 0 bridgehead atoms. The van der Waals surface area contributed by atoms with Crippen LogP contribution in [0.4, 0.5) is 0 Å². The molecule has 0 fully saturated rings. The Kier molecular flexibility index (Phi) is 3.85. The highest BCUT2D eigenvalue weighted by Gasteiger charge is 2.01. The van der Waals surface area contributed by atoms with Gasteiger partial charge < -0.3 is 9.88 Å². The maximum atomic E-state index is 8.70. The summed E-state index contributed by atoms with van der Waals surface area (Å²) in [5.41, 5.74) is 0.736. The largest absolute Gasteiger partial charge is 0.321 e. The van der Waals surface area contributed by atoms with Crippen molar-refractivity contribution in [3.05, 3.63) is 34.0 Å². The van der Waals surface area contributed by atoms with Gasteiger partial charge in [-0.2, -0.15) is 5.26 Å². The molecule has 0 aliphatic heterocycles. The fraction of sp³-hybridized carbons (Fsp3) is 0.364. The Bertz CT molecular complexity index is 522. The number of rotatable bonds is 5. The second kappa shape index (κ2) is 5.57. The predicted octanol–water partition coefficient (Wildman–Crippen LogP) is 1.08. The predicted molar refractivity (Wildman–Crippen MR) is 65.4 cm³/mol. The molecule has 2 aromatic rings. The van der Waals surface area contributed by atoms with Crippen LogP contribution in [0.15, 0.2) is 17.8 Å². The van der Waals surface area contributed by atoms with Crippen LogP contribution < -0.4 is 5.32 Å². The second-order valence-corrected chi connectivity index (χ2v) is 4.69. The molecule has 0 atom stereocenters. The SMILES string of the molecule is Cn1cnnc1CCNCc1cc(C#N)cs1.